The third-order valence-electron chi connectivity index (χ3n) is 4.34. The molecule has 0 atom stereocenters. The number of nitrogens with zero attached hydrogens (tertiary/aromatic N) is 3. The monoisotopic (exact) mass is 403 g/mol. The lowest BCUT2D eigenvalue weighted by atomic mass is 10.1. The first-order valence-electron chi connectivity index (χ1n) is 9.14. The van der Waals surface area contributed by atoms with Crippen molar-refractivity contribution in [3.05, 3.63) is 90.8 Å². The van der Waals surface area contributed by atoms with Gasteiger partial charge in [0.25, 0.3) is 0 Å². The fraction of sp³-hybridized carbons (Fsp3) is 0.0455. The molecule has 4 aromatic rings. The average Bonchev–Trinajstić information content (AvgIpc) is 3.27. The number of carbonyl (C=O) groups excluding carboxylic acids is 1. The Hall–Kier alpha value is -4.20. The minimum absolute atomic E-state index is 0.0964. The van der Waals surface area contributed by atoms with Crippen LogP contribution in [0.5, 0.6) is 0 Å². The maximum Gasteiger partial charge on any atom is 0.323 e. The van der Waals surface area contributed by atoms with Crippen LogP contribution in [0.4, 0.5) is 37.9 Å². The molecule has 2 aromatic carbocycles. The Kier molecular flexibility index (Phi) is 5.38. The summed E-state index contributed by atoms with van der Waals surface area (Å²) in [5, 5.41) is 5.23. The van der Waals surface area contributed by atoms with Gasteiger partial charge < -0.3 is 15.1 Å². The number of urea groups is 1. The molecule has 0 aliphatic heterocycles. The molecule has 0 radical (unpaired) electrons. The Labute approximate surface area is 172 Å². The second kappa shape index (κ2) is 8.44. The molecule has 2 aromatic heterocycles. The minimum Gasteiger partial charge on any atom is -0.432 e. The van der Waals surface area contributed by atoms with Gasteiger partial charge >= 0.3 is 12.0 Å². The largest absolute Gasteiger partial charge is 0.432 e. The van der Waals surface area contributed by atoms with Crippen LogP contribution in [0, 0.1) is 12.7 Å². The van der Waals surface area contributed by atoms with Crippen molar-refractivity contribution in [2.75, 3.05) is 15.5 Å². The number of hydrogen-bond donors (Lipinski definition) is 2. The Morgan fingerprint density at radius 2 is 1.93 bits per heavy atom. The highest BCUT2D eigenvalue weighted by Crippen LogP contribution is 2.36. The van der Waals surface area contributed by atoms with Crippen LogP contribution in [0.15, 0.2) is 83.9 Å². The van der Waals surface area contributed by atoms with Gasteiger partial charge in [0.15, 0.2) is 0 Å². The van der Waals surface area contributed by atoms with Gasteiger partial charge in [-0.15, -0.1) is 0 Å². The fourth-order valence-electron chi connectivity index (χ4n) is 2.94. The predicted molar refractivity (Wildman–Crippen MR) is 113 cm³/mol. The summed E-state index contributed by atoms with van der Waals surface area (Å²) in [6.07, 6.45) is 6.40. The molecule has 0 saturated carbocycles. The zero-order valence-electron chi connectivity index (χ0n) is 16.0. The summed E-state index contributed by atoms with van der Waals surface area (Å²) in [5.74, 6) is -0.510. The quantitative estimate of drug-likeness (QED) is 0.451. The second-order valence-electron chi connectivity index (χ2n) is 6.42. The first-order chi connectivity index (χ1) is 14.6. The van der Waals surface area contributed by atoms with E-state index in [-0.39, 0.29) is 5.69 Å². The summed E-state index contributed by atoms with van der Waals surface area (Å²) in [6, 6.07) is 14.9. The predicted octanol–water partition coefficient (Wildman–Crippen LogP) is 5.63. The van der Waals surface area contributed by atoms with Gasteiger partial charge in [0.05, 0.1) is 29.5 Å². The van der Waals surface area contributed by atoms with Crippen molar-refractivity contribution in [2.24, 2.45) is 0 Å². The molecule has 0 bridgehead atoms. The third-order valence-corrected chi connectivity index (χ3v) is 4.34. The molecule has 0 aliphatic carbocycles. The van der Waals surface area contributed by atoms with E-state index in [4.69, 9.17) is 4.42 Å². The lowest BCUT2D eigenvalue weighted by Gasteiger charge is -2.23. The van der Waals surface area contributed by atoms with E-state index in [9.17, 15) is 9.18 Å². The molecule has 30 heavy (non-hydrogen) atoms. The van der Waals surface area contributed by atoms with Crippen molar-refractivity contribution in [1.29, 1.82) is 0 Å². The van der Waals surface area contributed by atoms with E-state index in [1.54, 1.807) is 47.8 Å². The molecule has 8 heteroatoms. The van der Waals surface area contributed by atoms with Gasteiger partial charge in [0, 0.05) is 11.9 Å². The summed E-state index contributed by atoms with van der Waals surface area (Å²) in [5.41, 5.74) is 3.03. The first kappa shape index (κ1) is 19.1. The Bertz CT molecular complexity index is 1150. The lowest BCUT2D eigenvalue weighted by Crippen LogP contribution is -2.20. The van der Waals surface area contributed by atoms with E-state index in [0.29, 0.717) is 11.7 Å². The van der Waals surface area contributed by atoms with Crippen molar-refractivity contribution in [1.82, 2.24) is 9.97 Å². The molecule has 0 aliphatic rings. The van der Waals surface area contributed by atoms with Gasteiger partial charge in [-0.1, -0.05) is 18.2 Å². The van der Waals surface area contributed by atoms with E-state index in [1.165, 1.54) is 18.4 Å². The molecule has 7 nitrogen and oxygen atoms in total. The highest BCUT2D eigenvalue weighted by Gasteiger charge is 2.19. The maximum atomic E-state index is 13.8. The number of nitrogens with one attached hydrogen (secondary N) is 2. The van der Waals surface area contributed by atoms with E-state index < -0.39 is 11.8 Å². The third kappa shape index (κ3) is 4.12. The van der Waals surface area contributed by atoms with E-state index in [0.717, 1.165) is 16.9 Å². The summed E-state index contributed by atoms with van der Waals surface area (Å²) >= 11 is 0. The number of halogens is 1. The highest BCUT2D eigenvalue weighted by molar-refractivity contribution is 6.00. The molecular weight excluding hydrogens is 385 g/mol. The van der Waals surface area contributed by atoms with Crippen LogP contribution in [0.1, 0.15) is 5.56 Å². The highest BCUT2D eigenvalue weighted by atomic mass is 19.1. The number of rotatable bonds is 5. The van der Waals surface area contributed by atoms with Gasteiger partial charge in [-0.05, 0) is 48.9 Å². The Morgan fingerprint density at radius 1 is 1.07 bits per heavy atom. The van der Waals surface area contributed by atoms with Crippen LogP contribution in [-0.4, -0.2) is 16.0 Å². The van der Waals surface area contributed by atoms with Gasteiger partial charge in [-0.2, -0.15) is 0 Å². The number of amides is 2. The SMILES string of the molecule is Cc1ccc(NC(=O)Nc2ccccc2F)cc1N(c1cccnc1)c1ncco1. The molecule has 2 amide bonds. The van der Waals surface area contributed by atoms with Crippen LogP contribution >= 0.6 is 0 Å². The first-order valence-corrected chi connectivity index (χ1v) is 9.14. The Balaban J connectivity index is 1.63. The van der Waals surface area contributed by atoms with Crippen molar-refractivity contribution < 1.29 is 13.6 Å². The number of carbonyl (C=O) groups is 1. The van der Waals surface area contributed by atoms with Crippen molar-refractivity contribution in [2.45, 2.75) is 6.92 Å². The van der Waals surface area contributed by atoms with Gasteiger partial charge in [-0.25, -0.2) is 14.2 Å². The van der Waals surface area contributed by atoms with Crippen LogP contribution < -0.4 is 15.5 Å². The molecular formula is C22H18FN5O2. The van der Waals surface area contributed by atoms with Crippen LogP contribution in [-0.2, 0) is 0 Å². The molecule has 4 rings (SSSR count). The normalized spacial score (nSPS) is 10.5. The van der Waals surface area contributed by atoms with Crippen molar-refractivity contribution in [3.8, 4) is 0 Å². The molecule has 0 saturated heterocycles. The second-order valence-corrected chi connectivity index (χ2v) is 6.42. The zero-order valence-corrected chi connectivity index (χ0v) is 16.0. The molecule has 2 N–H and O–H groups in total. The Morgan fingerprint density at radius 3 is 2.67 bits per heavy atom. The number of aryl methyl sites for hydroxylation is 1. The molecule has 2 heterocycles. The molecule has 0 spiro atoms. The van der Waals surface area contributed by atoms with Crippen LogP contribution in [0.3, 0.4) is 0 Å². The lowest BCUT2D eigenvalue weighted by molar-refractivity contribution is 0.262. The molecule has 150 valence electrons. The number of para-hydroxylation sites is 1. The summed E-state index contributed by atoms with van der Waals surface area (Å²) in [7, 11) is 0. The summed E-state index contributed by atoms with van der Waals surface area (Å²) in [6.45, 7) is 1.94. The molecule has 0 fully saturated rings. The zero-order chi connectivity index (χ0) is 20.9. The molecule has 0 unspecified atom stereocenters. The maximum absolute atomic E-state index is 13.8. The topological polar surface area (TPSA) is 83.3 Å². The van der Waals surface area contributed by atoms with Crippen LogP contribution in [0.2, 0.25) is 0 Å². The smallest absolute Gasteiger partial charge is 0.323 e. The number of pyridine rings is 1. The number of aromatic nitrogens is 2. The number of oxazole rings is 1. The minimum atomic E-state index is -0.557. The summed E-state index contributed by atoms with van der Waals surface area (Å²) in [4.78, 5) is 22.6. The van der Waals surface area contributed by atoms with Gasteiger partial charge in [0.1, 0.15) is 12.1 Å². The van der Waals surface area contributed by atoms with E-state index >= 15 is 0 Å². The number of benzene rings is 2. The fourth-order valence-corrected chi connectivity index (χ4v) is 2.94. The van der Waals surface area contributed by atoms with E-state index in [2.05, 4.69) is 20.6 Å². The van der Waals surface area contributed by atoms with Crippen LogP contribution in [0.25, 0.3) is 0 Å². The van der Waals surface area contributed by atoms with Crippen molar-refractivity contribution >= 4 is 34.8 Å². The van der Waals surface area contributed by atoms with Crippen molar-refractivity contribution in [3.63, 3.8) is 0 Å². The van der Waals surface area contributed by atoms with Gasteiger partial charge in [0.2, 0.25) is 0 Å². The average molecular weight is 403 g/mol. The number of hydrogen-bond acceptors (Lipinski definition) is 5. The number of anilines is 5. The summed E-state index contributed by atoms with van der Waals surface area (Å²) < 4.78 is 19.3. The standard InChI is InChI=1S/C22H18FN5O2/c1-15-8-9-16(26-21(29)27-19-7-3-2-6-18(19)23)13-20(15)28(22-25-11-12-30-22)17-5-4-10-24-14-17/h2-14H,1H3,(H2,26,27,29). The van der Waals surface area contributed by atoms with E-state index in [1.807, 2.05) is 25.1 Å². The van der Waals surface area contributed by atoms with Gasteiger partial charge in [-0.3, -0.25) is 9.88 Å².